The molecule has 0 spiro atoms. The van der Waals surface area contributed by atoms with Crippen molar-refractivity contribution in [2.45, 2.75) is 83.5 Å². The fourth-order valence-electron chi connectivity index (χ4n) is 3.30. The van der Waals surface area contributed by atoms with Gasteiger partial charge in [0.1, 0.15) is 12.6 Å². The predicted octanol–water partition coefficient (Wildman–Crippen LogP) is 4.62. The molecule has 9 nitrogen and oxygen atoms in total. The number of aromatic nitrogens is 2. The number of hydrogen-bond acceptors (Lipinski definition) is 8. The highest BCUT2D eigenvalue weighted by Gasteiger charge is 2.31. The lowest BCUT2D eigenvalue weighted by Gasteiger charge is -2.24. The molecule has 0 aliphatic carbocycles. The van der Waals surface area contributed by atoms with E-state index in [1.807, 2.05) is 71.9 Å². The third kappa shape index (κ3) is 10.1. The first-order chi connectivity index (χ1) is 16.5. The van der Waals surface area contributed by atoms with Crippen LogP contribution in [-0.2, 0) is 16.1 Å². The van der Waals surface area contributed by atoms with Gasteiger partial charge in [-0.2, -0.15) is 4.98 Å². The van der Waals surface area contributed by atoms with Gasteiger partial charge in [0.15, 0.2) is 0 Å². The van der Waals surface area contributed by atoms with Gasteiger partial charge in [0, 0.05) is 5.25 Å². The number of hydrogen-bond donors (Lipinski definition) is 2. The molecule has 0 aliphatic heterocycles. The van der Waals surface area contributed by atoms with Gasteiger partial charge in [-0.15, -0.1) is 0 Å². The third-order valence-electron chi connectivity index (χ3n) is 4.83. The van der Waals surface area contributed by atoms with Gasteiger partial charge >= 0.3 is 6.09 Å². The van der Waals surface area contributed by atoms with Gasteiger partial charge < -0.3 is 19.9 Å². The Labute approximate surface area is 211 Å². The summed E-state index contributed by atoms with van der Waals surface area (Å²) < 4.78 is 10.4. The molecule has 1 aromatic heterocycles. The maximum absolute atomic E-state index is 13.2. The van der Waals surface area contributed by atoms with Gasteiger partial charge in [-0.1, -0.05) is 88.8 Å². The summed E-state index contributed by atoms with van der Waals surface area (Å²) in [5, 5.41) is 9.76. The van der Waals surface area contributed by atoms with Crippen molar-refractivity contribution in [2.24, 2.45) is 11.8 Å². The molecule has 10 heteroatoms. The van der Waals surface area contributed by atoms with E-state index in [9.17, 15) is 14.4 Å². The lowest BCUT2D eigenvalue weighted by molar-refractivity contribution is -0.124. The molecule has 0 aliphatic rings. The van der Waals surface area contributed by atoms with E-state index in [1.54, 1.807) is 0 Å². The number of benzene rings is 1. The van der Waals surface area contributed by atoms with Crippen molar-refractivity contribution in [3.63, 3.8) is 0 Å². The Morgan fingerprint density at radius 3 is 2.17 bits per heavy atom. The topological polar surface area (TPSA) is 123 Å². The van der Waals surface area contributed by atoms with Gasteiger partial charge in [-0.25, -0.2) is 4.79 Å². The van der Waals surface area contributed by atoms with Crippen LogP contribution < -0.4 is 10.6 Å². The minimum Gasteiger partial charge on any atom is -0.445 e. The van der Waals surface area contributed by atoms with Crippen molar-refractivity contribution in [3.05, 3.63) is 41.7 Å². The van der Waals surface area contributed by atoms with Crippen LogP contribution in [-0.4, -0.2) is 45.3 Å². The Morgan fingerprint density at radius 2 is 1.57 bits per heavy atom. The summed E-state index contributed by atoms with van der Waals surface area (Å²) in [6.45, 7) is 11.8. The first kappa shape index (κ1) is 28.4. The number of alkyl carbamates (subject to hydrolysis) is 1. The summed E-state index contributed by atoms with van der Waals surface area (Å²) in [5.74, 6) is -0.731. The average Bonchev–Trinajstić information content (AvgIpc) is 3.24. The number of nitrogens with zero attached hydrogens (tertiary/aromatic N) is 2. The Balaban J connectivity index is 2.08. The van der Waals surface area contributed by atoms with Gasteiger partial charge in [0.25, 0.3) is 5.22 Å². The predicted molar refractivity (Wildman–Crippen MR) is 134 cm³/mol. The van der Waals surface area contributed by atoms with Crippen molar-refractivity contribution in [3.8, 4) is 0 Å². The van der Waals surface area contributed by atoms with E-state index in [-0.39, 0.29) is 29.5 Å². The zero-order valence-electron chi connectivity index (χ0n) is 21.2. The molecule has 192 valence electrons. The van der Waals surface area contributed by atoms with Gasteiger partial charge in [-0.05, 0) is 30.2 Å². The summed E-state index contributed by atoms with van der Waals surface area (Å²) in [6.07, 6.45) is 0.0696. The molecule has 0 saturated heterocycles. The number of ether oxygens (including phenoxy) is 1. The molecule has 2 aromatic rings. The fourth-order valence-corrected chi connectivity index (χ4v) is 3.92. The van der Waals surface area contributed by atoms with Crippen LogP contribution in [0.15, 0.2) is 40.1 Å². The molecule has 1 heterocycles. The first-order valence-electron chi connectivity index (χ1n) is 11.9. The molecular weight excluding hydrogens is 468 g/mol. The average molecular weight is 505 g/mol. The molecule has 2 rings (SSSR count). The van der Waals surface area contributed by atoms with Gasteiger partial charge in [0.2, 0.25) is 17.5 Å². The van der Waals surface area contributed by atoms with E-state index in [4.69, 9.17) is 9.26 Å². The minimum atomic E-state index is -0.863. The molecule has 0 fully saturated rings. The van der Waals surface area contributed by atoms with Crippen LogP contribution in [0.1, 0.15) is 70.6 Å². The molecule has 0 saturated carbocycles. The Bertz CT molecular complexity index is 962. The van der Waals surface area contributed by atoms with E-state index in [2.05, 4.69) is 20.8 Å². The van der Waals surface area contributed by atoms with Crippen LogP contribution >= 0.6 is 11.8 Å². The van der Waals surface area contributed by atoms with Crippen molar-refractivity contribution >= 4 is 29.5 Å². The lowest BCUT2D eigenvalue weighted by atomic mass is 9.98. The summed E-state index contributed by atoms with van der Waals surface area (Å²) in [4.78, 5) is 42.9. The molecule has 1 aromatic carbocycles. The van der Waals surface area contributed by atoms with Crippen molar-refractivity contribution in [2.75, 3.05) is 0 Å². The second kappa shape index (κ2) is 13.9. The summed E-state index contributed by atoms with van der Waals surface area (Å²) in [5.41, 5.74) is 0.838. The van der Waals surface area contributed by atoms with Gasteiger partial charge in [0.05, 0.1) is 6.04 Å². The van der Waals surface area contributed by atoms with E-state index in [0.717, 1.165) is 5.56 Å². The molecule has 0 radical (unpaired) electrons. The zero-order chi connectivity index (χ0) is 26.0. The highest BCUT2D eigenvalue weighted by atomic mass is 32.2. The number of carbonyl (C=O) groups is 3. The van der Waals surface area contributed by atoms with Crippen molar-refractivity contribution < 1.29 is 23.6 Å². The smallest absolute Gasteiger partial charge is 0.408 e. The highest BCUT2D eigenvalue weighted by Crippen LogP contribution is 2.21. The highest BCUT2D eigenvalue weighted by molar-refractivity contribution is 7.99. The quantitative estimate of drug-likeness (QED) is 0.299. The van der Waals surface area contributed by atoms with Crippen molar-refractivity contribution in [1.82, 2.24) is 20.8 Å². The number of rotatable bonds is 13. The van der Waals surface area contributed by atoms with E-state index in [0.29, 0.717) is 18.1 Å². The number of ketones is 1. The largest absolute Gasteiger partial charge is 0.445 e. The SMILES string of the molecule is CC(C)C[C@H](NC(=O)OCc1ccccc1)C(=O)N[C@@H](CC(C)C)C(=O)c1noc(SC(C)C)n1. The van der Waals surface area contributed by atoms with E-state index in [1.165, 1.54) is 11.8 Å². The normalized spacial score (nSPS) is 13.1. The Kier molecular flexibility index (Phi) is 11.2. The Hall–Kier alpha value is -2.88. The van der Waals surface area contributed by atoms with Crippen LogP contribution in [0.4, 0.5) is 4.79 Å². The standard InChI is InChI=1S/C25H36N4O5S/c1-15(2)12-19(21(30)22-28-25(34-29-22)35-17(5)6)26-23(31)20(13-16(3)4)27-24(32)33-14-18-10-8-7-9-11-18/h7-11,15-17,19-20H,12-14H2,1-6H3,(H,26,31)(H,27,32)/t19-,20-/m0/s1. The number of thioether (sulfide) groups is 1. The van der Waals surface area contributed by atoms with Crippen LogP contribution in [0.3, 0.4) is 0 Å². The maximum atomic E-state index is 13.2. The zero-order valence-corrected chi connectivity index (χ0v) is 22.1. The van der Waals surface area contributed by atoms with Crippen LogP contribution in [0.25, 0.3) is 0 Å². The molecule has 0 unspecified atom stereocenters. The number of amides is 2. The number of carbonyl (C=O) groups excluding carboxylic acids is 3. The van der Waals surface area contributed by atoms with Crippen molar-refractivity contribution in [1.29, 1.82) is 0 Å². The molecular formula is C25H36N4O5S. The fraction of sp³-hybridized carbons (Fsp3) is 0.560. The lowest BCUT2D eigenvalue weighted by Crippen LogP contribution is -2.52. The second-order valence-electron chi connectivity index (χ2n) is 9.49. The summed E-state index contributed by atoms with van der Waals surface area (Å²) >= 11 is 1.36. The third-order valence-corrected chi connectivity index (χ3v) is 5.67. The minimum absolute atomic E-state index is 0.0743. The molecule has 0 bridgehead atoms. The maximum Gasteiger partial charge on any atom is 0.408 e. The molecule has 2 atom stereocenters. The van der Waals surface area contributed by atoms with E-state index < -0.39 is 29.9 Å². The van der Waals surface area contributed by atoms with E-state index >= 15 is 0 Å². The monoisotopic (exact) mass is 504 g/mol. The second-order valence-corrected chi connectivity index (χ2v) is 11.0. The molecule has 2 N–H and O–H groups in total. The van der Waals surface area contributed by atoms with Crippen LogP contribution in [0.5, 0.6) is 0 Å². The molecule has 35 heavy (non-hydrogen) atoms. The van der Waals surface area contributed by atoms with Crippen LogP contribution in [0, 0.1) is 11.8 Å². The number of nitrogens with one attached hydrogen (secondary N) is 2. The van der Waals surface area contributed by atoms with Gasteiger partial charge in [-0.3, -0.25) is 9.59 Å². The van der Waals surface area contributed by atoms with Crippen LogP contribution in [0.2, 0.25) is 0 Å². The number of Topliss-reactive ketones (excluding diaryl/α,β-unsaturated/α-hetero) is 1. The summed E-state index contributed by atoms with van der Waals surface area (Å²) in [7, 11) is 0. The first-order valence-corrected chi connectivity index (χ1v) is 12.7. The summed E-state index contributed by atoms with van der Waals surface area (Å²) in [6, 6.07) is 7.55. The molecule has 2 amide bonds. The Morgan fingerprint density at radius 1 is 0.943 bits per heavy atom.